The molecule has 122 valence electrons. The Morgan fingerprint density at radius 3 is 2.48 bits per heavy atom. The summed E-state index contributed by atoms with van der Waals surface area (Å²) in [5, 5.41) is 2.67. The van der Waals surface area contributed by atoms with Crippen molar-refractivity contribution in [1.29, 1.82) is 0 Å². The number of hydrogen-bond donors (Lipinski definition) is 1. The van der Waals surface area contributed by atoms with Crippen LogP contribution in [0.4, 0.5) is 5.69 Å². The van der Waals surface area contributed by atoms with E-state index in [1.54, 1.807) is 30.3 Å². The zero-order valence-corrected chi connectivity index (χ0v) is 14.9. The lowest BCUT2D eigenvalue weighted by atomic mass is 10.3. The highest BCUT2D eigenvalue weighted by Gasteiger charge is 2.16. The molecule has 0 bridgehead atoms. The number of anilines is 1. The molecule has 0 unspecified atom stereocenters. The fourth-order valence-corrected chi connectivity index (χ4v) is 3.56. The molecule has 0 saturated carbocycles. The van der Waals surface area contributed by atoms with Crippen LogP contribution in [0.2, 0.25) is 0 Å². The van der Waals surface area contributed by atoms with Crippen molar-refractivity contribution in [2.24, 2.45) is 0 Å². The molecule has 0 fully saturated rings. The van der Waals surface area contributed by atoms with E-state index in [1.807, 2.05) is 6.07 Å². The van der Waals surface area contributed by atoms with E-state index in [2.05, 4.69) is 21.2 Å². The van der Waals surface area contributed by atoms with E-state index in [0.29, 0.717) is 11.4 Å². The van der Waals surface area contributed by atoms with E-state index in [9.17, 15) is 13.2 Å². The number of rotatable bonds is 6. The van der Waals surface area contributed by atoms with Crippen molar-refractivity contribution in [3.8, 4) is 5.75 Å². The van der Waals surface area contributed by atoms with Crippen molar-refractivity contribution >= 4 is 37.4 Å². The number of halogens is 1. The minimum absolute atomic E-state index is 0.110. The third-order valence-corrected chi connectivity index (χ3v) is 5.35. The minimum Gasteiger partial charge on any atom is -0.497 e. The Bertz CT molecular complexity index is 788. The number of sulfone groups is 1. The molecule has 7 heteroatoms. The van der Waals surface area contributed by atoms with Crippen molar-refractivity contribution < 1.29 is 17.9 Å². The molecule has 2 aromatic carbocycles. The lowest BCUT2D eigenvalue weighted by molar-refractivity contribution is -0.115. The highest BCUT2D eigenvalue weighted by atomic mass is 79.9. The molecule has 5 nitrogen and oxygen atoms in total. The summed E-state index contributed by atoms with van der Waals surface area (Å²) in [4.78, 5) is 12.1. The predicted molar refractivity (Wildman–Crippen MR) is 92.4 cm³/mol. The normalized spacial score (nSPS) is 11.0. The van der Waals surface area contributed by atoms with Gasteiger partial charge in [-0.2, -0.15) is 0 Å². The smallest absolute Gasteiger partial charge is 0.225 e. The minimum atomic E-state index is -3.51. The lowest BCUT2D eigenvalue weighted by Crippen LogP contribution is -2.17. The van der Waals surface area contributed by atoms with Gasteiger partial charge in [-0.05, 0) is 42.5 Å². The van der Waals surface area contributed by atoms with Gasteiger partial charge in [-0.15, -0.1) is 0 Å². The number of hydrogen-bond acceptors (Lipinski definition) is 4. The van der Waals surface area contributed by atoms with Gasteiger partial charge in [0.15, 0.2) is 9.84 Å². The molecular formula is C16H16BrNO4S. The number of ether oxygens (including phenoxy) is 1. The average molecular weight is 398 g/mol. The Morgan fingerprint density at radius 1 is 1.17 bits per heavy atom. The molecule has 0 spiro atoms. The van der Waals surface area contributed by atoms with Gasteiger partial charge in [0.05, 0.1) is 17.8 Å². The molecule has 1 N–H and O–H groups in total. The quantitative estimate of drug-likeness (QED) is 0.811. The first-order chi connectivity index (χ1) is 10.9. The van der Waals surface area contributed by atoms with Gasteiger partial charge in [0.25, 0.3) is 0 Å². The van der Waals surface area contributed by atoms with Gasteiger partial charge < -0.3 is 10.1 Å². The van der Waals surface area contributed by atoms with Crippen molar-refractivity contribution in [1.82, 2.24) is 0 Å². The Labute approximate surface area is 143 Å². The molecule has 2 rings (SSSR count). The predicted octanol–water partition coefficient (Wildman–Crippen LogP) is 3.26. The summed E-state index contributed by atoms with van der Waals surface area (Å²) in [5.41, 5.74) is 0.617. The maximum atomic E-state index is 12.2. The van der Waals surface area contributed by atoms with E-state index < -0.39 is 9.84 Å². The maximum absolute atomic E-state index is 12.2. The van der Waals surface area contributed by atoms with Gasteiger partial charge in [0.2, 0.25) is 5.91 Å². The number of benzene rings is 2. The van der Waals surface area contributed by atoms with E-state index in [0.717, 1.165) is 4.47 Å². The van der Waals surface area contributed by atoms with Crippen molar-refractivity contribution in [3.05, 3.63) is 53.0 Å². The summed E-state index contributed by atoms with van der Waals surface area (Å²) in [6, 6.07) is 13.2. The molecule has 0 aliphatic carbocycles. The zero-order chi connectivity index (χ0) is 16.9. The first-order valence-corrected chi connectivity index (χ1v) is 9.27. The van der Waals surface area contributed by atoms with Gasteiger partial charge in [0, 0.05) is 16.6 Å². The highest BCUT2D eigenvalue weighted by molar-refractivity contribution is 9.10. The average Bonchev–Trinajstić information content (AvgIpc) is 2.53. The largest absolute Gasteiger partial charge is 0.497 e. The summed E-state index contributed by atoms with van der Waals surface area (Å²) in [6.07, 6.45) is -0.110. The van der Waals surface area contributed by atoms with Crippen LogP contribution in [0.25, 0.3) is 0 Å². The summed E-state index contributed by atoms with van der Waals surface area (Å²) in [6.45, 7) is 0. The van der Waals surface area contributed by atoms with Crippen LogP contribution in [0.1, 0.15) is 6.42 Å². The fraction of sp³-hybridized carbons (Fsp3) is 0.188. The van der Waals surface area contributed by atoms with Crippen molar-refractivity contribution in [3.63, 3.8) is 0 Å². The van der Waals surface area contributed by atoms with E-state index in [1.165, 1.54) is 19.2 Å². The van der Waals surface area contributed by atoms with E-state index >= 15 is 0 Å². The van der Waals surface area contributed by atoms with E-state index in [4.69, 9.17) is 4.74 Å². The molecule has 0 heterocycles. The van der Waals surface area contributed by atoms with Gasteiger partial charge in [0.1, 0.15) is 5.75 Å². The number of carbonyl (C=O) groups excluding carboxylic acids is 1. The second-order valence-electron chi connectivity index (χ2n) is 4.80. The van der Waals surface area contributed by atoms with Crippen LogP contribution in [-0.4, -0.2) is 27.2 Å². The molecule has 0 aliphatic heterocycles. The molecule has 0 radical (unpaired) electrons. The van der Waals surface area contributed by atoms with Gasteiger partial charge in [-0.1, -0.05) is 22.0 Å². The van der Waals surface area contributed by atoms with Crippen LogP contribution in [0.5, 0.6) is 5.75 Å². The molecule has 0 atom stereocenters. The summed E-state index contributed by atoms with van der Waals surface area (Å²) in [5.74, 6) is -0.0179. The van der Waals surface area contributed by atoms with Gasteiger partial charge >= 0.3 is 0 Å². The number of nitrogens with one attached hydrogen (secondary N) is 1. The molecule has 0 aromatic heterocycles. The Hall–Kier alpha value is -1.86. The van der Waals surface area contributed by atoms with Crippen LogP contribution in [0.3, 0.4) is 0 Å². The lowest BCUT2D eigenvalue weighted by Gasteiger charge is -2.07. The van der Waals surface area contributed by atoms with E-state index in [-0.39, 0.29) is 23.0 Å². The van der Waals surface area contributed by atoms with Crippen LogP contribution >= 0.6 is 15.9 Å². The number of amides is 1. The maximum Gasteiger partial charge on any atom is 0.225 e. The van der Waals surface area contributed by atoms with Crippen LogP contribution < -0.4 is 10.1 Å². The SMILES string of the molecule is COc1ccc(S(=O)(=O)CCC(=O)Nc2cccc(Br)c2)cc1. The monoisotopic (exact) mass is 397 g/mol. The van der Waals surface area contributed by atoms with Crippen molar-refractivity contribution in [2.75, 3.05) is 18.2 Å². The molecule has 1 amide bonds. The standard InChI is InChI=1S/C16H16BrNO4S/c1-22-14-5-7-15(8-6-14)23(20,21)10-9-16(19)18-13-4-2-3-12(17)11-13/h2-8,11H,9-10H2,1H3,(H,18,19). The molecular weight excluding hydrogens is 382 g/mol. The summed E-state index contributed by atoms with van der Waals surface area (Å²) in [7, 11) is -2.00. The van der Waals surface area contributed by atoms with Crippen molar-refractivity contribution in [2.45, 2.75) is 11.3 Å². The van der Waals surface area contributed by atoms with Crippen LogP contribution in [-0.2, 0) is 14.6 Å². The Balaban J connectivity index is 1.96. The number of carbonyl (C=O) groups is 1. The molecule has 0 saturated heterocycles. The molecule has 2 aromatic rings. The first-order valence-electron chi connectivity index (χ1n) is 6.83. The van der Waals surface area contributed by atoms with Crippen LogP contribution in [0.15, 0.2) is 57.9 Å². The van der Waals surface area contributed by atoms with Crippen LogP contribution in [0, 0.1) is 0 Å². The third kappa shape index (κ3) is 5.07. The number of methoxy groups -OCH3 is 1. The second-order valence-corrected chi connectivity index (χ2v) is 7.83. The molecule has 0 aliphatic rings. The first kappa shape index (κ1) is 17.5. The summed E-state index contributed by atoms with van der Waals surface area (Å²) < 4.78 is 30.3. The van der Waals surface area contributed by atoms with Gasteiger partial charge in [-0.3, -0.25) is 4.79 Å². The Morgan fingerprint density at radius 2 is 1.87 bits per heavy atom. The van der Waals surface area contributed by atoms with Gasteiger partial charge in [-0.25, -0.2) is 8.42 Å². The Kier molecular flexibility index (Phi) is 5.79. The zero-order valence-electron chi connectivity index (χ0n) is 12.5. The topological polar surface area (TPSA) is 72.5 Å². The fourth-order valence-electron chi connectivity index (χ4n) is 1.92. The molecule has 23 heavy (non-hydrogen) atoms. The third-order valence-electron chi connectivity index (χ3n) is 3.12. The highest BCUT2D eigenvalue weighted by Crippen LogP contribution is 2.18. The second kappa shape index (κ2) is 7.61. The summed E-state index contributed by atoms with van der Waals surface area (Å²) >= 11 is 3.31.